The van der Waals surface area contributed by atoms with Gasteiger partial charge in [0.05, 0.1) is 5.69 Å². The van der Waals surface area contributed by atoms with Crippen LogP contribution in [0.25, 0.3) is 5.69 Å². The fourth-order valence-corrected chi connectivity index (χ4v) is 2.26. The van der Waals surface area contributed by atoms with Crippen molar-refractivity contribution in [3.8, 4) is 5.69 Å². The minimum Gasteiger partial charge on any atom is -0.298 e. The topological polar surface area (TPSA) is 47.8 Å². The molecule has 1 aromatic carbocycles. The maximum atomic E-state index is 10.6. The van der Waals surface area contributed by atoms with Crippen LogP contribution in [-0.2, 0) is 0 Å². The summed E-state index contributed by atoms with van der Waals surface area (Å²) >= 11 is 3.05. The molecule has 2 rings (SSSR count). The van der Waals surface area contributed by atoms with E-state index in [0.29, 0.717) is 5.56 Å². The Kier molecular flexibility index (Phi) is 3.86. The van der Waals surface area contributed by atoms with Gasteiger partial charge in [-0.25, -0.2) is 4.68 Å². The quantitative estimate of drug-likeness (QED) is 0.628. The summed E-state index contributed by atoms with van der Waals surface area (Å²) in [5, 5.41) is 5.97. The molecule has 88 valence electrons. The molecular formula is C11H11N3OS2. The molecule has 6 heteroatoms. The highest BCUT2D eigenvalue weighted by molar-refractivity contribution is 7.99. The molecular weight excluding hydrogens is 254 g/mol. The van der Waals surface area contributed by atoms with Gasteiger partial charge < -0.3 is 0 Å². The normalized spacial score (nSPS) is 10.5. The molecule has 0 unspecified atom stereocenters. The van der Waals surface area contributed by atoms with E-state index in [-0.39, 0.29) is 0 Å². The number of thioether (sulfide) groups is 2. The number of hydrogen-bond acceptors (Lipinski definition) is 5. The first-order valence-corrected chi connectivity index (χ1v) is 7.34. The van der Waals surface area contributed by atoms with Gasteiger partial charge in [0.2, 0.25) is 5.16 Å². The Labute approximate surface area is 108 Å². The second kappa shape index (κ2) is 5.37. The van der Waals surface area contributed by atoms with E-state index >= 15 is 0 Å². The fourth-order valence-electron chi connectivity index (χ4n) is 1.36. The molecule has 0 aliphatic rings. The van der Waals surface area contributed by atoms with E-state index in [1.807, 2.05) is 24.6 Å². The van der Waals surface area contributed by atoms with Crippen molar-refractivity contribution in [2.75, 3.05) is 12.5 Å². The van der Waals surface area contributed by atoms with Crippen LogP contribution in [0.5, 0.6) is 0 Å². The lowest BCUT2D eigenvalue weighted by Gasteiger charge is -2.03. The average molecular weight is 265 g/mol. The molecule has 0 bridgehead atoms. The molecule has 0 saturated carbocycles. The molecule has 2 aromatic rings. The van der Waals surface area contributed by atoms with Crippen molar-refractivity contribution in [1.29, 1.82) is 0 Å². The lowest BCUT2D eigenvalue weighted by atomic mass is 10.2. The van der Waals surface area contributed by atoms with Gasteiger partial charge in [-0.05, 0) is 36.8 Å². The van der Waals surface area contributed by atoms with Crippen molar-refractivity contribution in [2.45, 2.75) is 10.3 Å². The second-order valence-electron chi connectivity index (χ2n) is 3.21. The molecule has 0 atom stereocenters. The van der Waals surface area contributed by atoms with Gasteiger partial charge in [-0.15, -0.1) is 5.10 Å². The fraction of sp³-hybridized carbons (Fsp3) is 0.182. The number of rotatable bonds is 4. The summed E-state index contributed by atoms with van der Waals surface area (Å²) in [5.41, 5.74) is 1.57. The van der Waals surface area contributed by atoms with Crippen LogP contribution in [0, 0.1) is 0 Å². The Morgan fingerprint density at radius 1 is 1.18 bits per heavy atom. The van der Waals surface area contributed by atoms with Crippen LogP contribution < -0.4 is 0 Å². The van der Waals surface area contributed by atoms with Crippen molar-refractivity contribution in [1.82, 2.24) is 14.8 Å². The van der Waals surface area contributed by atoms with Crippen LogP contribution >= 0.6 is 23.5 Å². The number of aromatic nitrogens is 3. The predicted octanol–water partition coefficient (Wildman–Crippen LogP) is 2.52. The second-order valence-corrected chi connectivity index (χ2v) is 4.75. The third-order valence-corrected chi connectivity index (χ3v) is 3.36. The minimum absolute atomic E-state index is 0.657. The van der Waals surface area contributed by atoms with E-state index in [9.17, 15) is 4.79 Å². The molecule has 0 aliphatic carbocycles. The number of carbonyl (C=O) groups excluding carboxylic acids is 1. The van der Waals surface area contributed by atoms with Crippen LogP contribution in [0.4, 0.5) is 0 Å². The molecule has 0 fully saturated rings. The van der Waals surface area contributed by atoms with Crippen molar-refractivity contribution >= 4 is 29.8 Å². The first-order chi connectivity index (χ1) is 8.28. The molecule has 17 heavy (non-hydrogen) atoms. The first-order valence-electron chi connectivity index (χ1n) is 4.89. The smallest absolute Gasteiger partial charge is 0.209 e. The van der Waals surface area contributed by atoms with E-state index < -0.39 is 0 Å². The zero-order valence-electron chi connectivity index (χ0n) is 9.45. The summed E-state index contributed by atoms with van der Waals surface area (Å²) in [6.07, 6.45) is 4.73. The zero-order valence-corrected chi connectivity index (χ0v) is 11.1. The zero-order chi connectivity index (χ0) is 12.3. The SMILES string of the molecule is CSc1nc(SC)n(-c2ccc(C=O)cc2)n1. The predicted molar refractivity (Wildman–Crippen MR) is 70.3 cm³/mol. The molecule has 1 aromatic heterocycles. The van der Waals surface area contributed by atoms with Crippen molar-refractivity contribution < 1.29 is 4.79 Å². The van der Waals surface area contributed by atoms with Gasteiger partial charge in [-0.1, -0.05) is 23.5 Å². The molecule has 0 N–H and O–H groups in total. The molecule has 0 aliphatic heterocycles. The van der Waals surface area contributed by atoms with Gasteiger partial charge in [0.25, 0.3) is 0 Å². The van der Waals surface area contributed by atoms with Crippen molar-refractivity contribution in [3.63, 3.8) is 0 Å². The summed E-state index contributed by atoms with van der Waals surface area (Å²) in [5.74, 6) is 0. The van der Waals surface area contributed by atoms with Crippen LogP contribution in [0.3, 0.4) is 0 Å². The summed E-state index contributed by atoms with van der Waals surface area (Å²) in [7, 11) is 0. The van der Waals surface area contributed by atoms with Gasteiger partial charge in [-0.3, -0.25) is 4.79 Å². The Hall–Kier alpha value is -1.27. The number of aldehydes is 1. The van der Waals surface area contributed by atoms with Crippen LogP contribution in [0.15, 0.2) is 34.6 Å². The summed E-state index contributed by atoms with van der Waals surface area (Å²) in [6, 6.07) is 7.27. The maximum Gasteiger partial charge on any atom is 0.209 e. The highest BCUT2D eigenvalue weighted by atomic mass is 32.2. The number of benzene rings is 1. The highest BCUT2D eigenvalue weighted by Gasteiger charge is 2.09. The average Bonchev–Trinajstić information content (AvgIpc) is 2.82. The maximum absolute atomic E-state index is 10.6. The highest BCUT2D eigenvalue weighted by Crippen LogP contribution is 2.21. The summed E-state index contributed by atoms with van der Waals surface area (Å²) in [4.78, 5) is 15.0. The third kappa shape index (κ3) is 2.53. The number of carbonyl (C=O) groups is 1. The van der Waals surface area contributed by atoms with Gasteiger partial charge in [0.15, 0.2) is 5.16 Å². The van der Waals surface area contributed by atoms with Crippen molar-refractivity contribution in [2.24, 2.45) is 0 Å². The van der Waals surface area contributed by atoms with E-state index in [4.69, 9.17) is 0 Å². The third-order valence-electron chi connectivity index (χ3n) is 2.20. The Morgan fingerprint density at radius 3 is 2.41 bits per heavy atom. The molecule has 0 saturated heterocycles. The molecule has 0 radical (unpaired) electrons. The molecule has 1 heterocycles. The van der Waals surface area contributed by atoms with Gasteiger partial charge in [0, 0.05) is 5.56 Å². The monoisotopic (exact) mass is 265 g/mol. The molecule has 0 spiro atoms. The van der Waals surface area contributed by atoms with E-state index in [0.717, 1.165) is 22.3 Å². The lowest BCUT2D eigenvalue weighted by Crippen LogP contribution is -1.98. The van der Waals surface area contributed by atoms with Crippen LogP contribution in [0.2, 0.25) is 0 Å². The summed E-state index contributed by atoms with van der Waals surface area (Å²) in [6.45, 7) is 0. The van der Waals surface area contributed by atoms with Crippen LogP contribution in [-0.4, -0.2) is 33.6 Å². The van der Waals surface area contributed by atoms with Gasteiger partial charge in [0.1, 0.15) is 6.29 Å². The number of nitrogens with zero attached hydrogens (tertiary/aromatic N) is 3. The Bertz CT molecular complexity index is 522. The lowest BCUT2D eigenvalue weighted by molar-refractivity contribution is 0.112. The van der Waals surface area contributed by atoms with Crippen LogP contribution in [0.1, 0.15) is 10.4 Å². The van der Waals surface area contributed by atoms with Gasteiger partial charge in [-0.2, -0.15) is 4.98 Å². The number of hydrogen-bond donors (Lipinski definition) is 0. The first kappa shape index (κ1) is 12.2. The Morgan fingerprint density at radius 2 is 1.88 bits per heavy atom. The molecule has 4 nitrogen and oxygen atoms in total. The van der Waals surface area contributed by atoms with Crippen molar-refractivity contribution in [3.05, 3.63) is 29.8 Å². The van der Waals surface area contributed by atoms with Gasteiger partial charge >= 0.3 is 0 Å². The standard InChI is InChI=1S/C11H11N3OS2/c1-16-10-12-11(17-2)14(13-10)9-5-3-8(7-15)4-6-9/h3-7H,1-2H3. The van der Waals surface area contributed by atoms with E-state index in [2.05, 4.69) is 10.1 Å². The Balaban J connectivity index is 2.43. The largest absolute Gasteiger partial charge is 0.298 e. The minimum atomic E-state index is 0.657. The van der Waals surface area contributed by atoms with E-state index in [1.54, 1.807) is 28.6 Å². The van der Waals surface area contributed by atoms with E-state index in [1.165, 1.54) is 11.8 Å². The molecule has 0 amide bonds. The summed E-state index contributed by atoms with van der Waals surface area (Å²) < 4.78 is 1.78.